The van der Waals surface area contributed by atoms with Gasteiger partial charge in [0.1, 0.15) is 0 Å². The Labute approximate surface area is 196 Å². The van der Waals surface area contributed by atoms with Crippen LogP contribution >= 0.6 is 15.9 Å². The minimum Gasteiger partial charge on any atom is -0.503 e. The molecule has 1 heterocycles. The lowest BCUT2D eigenvalue weighted by molar-refractivity contribution is -0.129. The van der Waals surface area contributed by atoms with E-state index >= 15 is 0 Å². The summed E-state index contributed by atoms with van der Waals surface area (Å²) in [5.74, 6) is 0.727. The first-order chi connectivity index (χ1) is 15.5. The van der Waals surface area contributed by atoms with Gasteiger partial charge in [-0.25, -0.2) is 0 Å². The summed E-state index contributed by atoms with van der Waals surface area (Å²) in [4.78, 5) is 14.9. The van der Waals surface area contributed by atoms with Crippen LogP contribution in [0.4, 0.5) is 0 Å². The normalized spacial score (nSPS) is 15.9. The SMILES string of the molecule is COc1ccc(CCN2C(=O)C(O)=C(c3ccccc3)C2c2ccccc2Br)cc1OC. The third-order valence-electron chi connectivity index (χ3n) is 5.68. The number of methoxy groups -OCH3 is 2. The quantitative estimate of drug-likeness (QED) is 0.467. The molecule has 32 heavy (non-hydrogen) atoms. The molecule has 0 spiro atoms. The van der Waals surface area contributed by atoms with Crippen molar-refractivity contribution < 1.29 is 19.4 Å². The largest absolute Gasteiger partial charge is 0.503 e. The van der Waals surface area contributed by atoms with Gasteiger partial charge < -0.3 is 19.5 Å². The lowest BCUT2D eigenvalue weighted by atomic mass is 9.93. The number of amides is 1. The fourth-order valence-electron chi connectivity index (χ4n) is 4.10. The first-order valence-electron chi connectivity index (χ1n) is 10.3. The van der Waals surface area contributed by atoms with Crippen LogP contribution in [0, 0.1) is 0 Å². The highest BCUT2D eigenvalue weighted by molar-refractivity contribution is 9.10. The second kappa shape index (κ2) is 9.49. The Kier molecular flexibility index (Phi) is 6.51. The second-order valence-corrected chi connectivity index (χ2v) is 8.34. The van der Waals surface area contributed by atoms with Crippen LogP contribution in [-0.2, 0) is 11.2 Å². The van der Waals surface area contributed by atoms with Gasteiger partial charge in [0.2, 0.25) is 0 Å². The average molecular weight is 494 g/mol. The summed E-state index contributed by atoms with van der Waals surface area (Å²) in [6.45, 7) is 0.431. The Morgan fingerprint density at radius 1 is 0.938 bits per heavy atom. The number of aliphatic hydroxyl groups excluding tert-OH is 1. The summed E-state index contributed by atoms with van der Waals surface area (Å²) in [6.07, 6.45) is 0.600. The molecule has 164 valence electrons. The number of carbonyl (C=O) groups is 1. The van der Waals surface area contributed by atoms with Crippen LogP contribution in [0.2, 0.25) is 0 Å². The third kappa shape index (κ3) is 4.10. The fraction of sp³-hybridized carbons (Fsp3) is 0.192. The van der Waals surface area contributed by atoms with Crippen molar-refractivity contribution in [2.45, 2.75) is 12.5 Å². The first kappa shape index (κ1) is 22.0. The molecule has 4 rings (SSSR count). The predicted molar refractivity (Wildman–Crippen MR) is 128 cm³/mol. The van der Waals surface area contributed by atoms with E-state index in [1.807, 2.05) is 72.8 Å². The highest BCUT2D eigenvalue weighted by Crippen LogP contribution is 2.45. The molecule has 0 saturated heterocycles. The number of hydrogen-bond donors (Lipinski definition) is 1. The van der Waals surface area contributed by atoms with Gasteiger partial charge in [0.15, 0.2) is 17.3 Å². The lowest BCUT2D eigenvalue weighted by Gasteiger charge is -2.28. The van der Waals surface area contributed by atoms with E-state index < -0.39 is 6.04 Å². The molecule has 1 atom stereocenters. The van der Waals surface area contributed by atoms with Crippen LogP contribution in [0.5, 0.6) is 11.5 Å². The molecule has 1 amide bonds. The summed E-state index contributed by atoms with van der Waals surface area (Å²) >= 11 is 3.63. The Balaban J connectivity index is 1.70. The van der Waals surface area contributed by atoms with Crippen LogP contribution in [0.25, 0.3) is 5.57 Å². The standard InChI is InChI=1S/C26H24BrNO4/c1-31-21-13-12-17(16-22(21)32-2)14-15-28-24(19-10-6-7-11-20(19)27)23(25(29)26(28)30)18-8-4-3-5-9-18/h3-13,16,24,29H,14-15H2,1-2H3. The molecule has 0 saturated carbocycles. The van der Waals surface area contributed by atoms with E-state index in [1.54, 1.807) is 19.1 Å². The molecule has 1 N–H and O–H groups in total. The predicted octanol–water partition coefficient (Wildman–Crippen LogP) is 5.56. The first-order valence-corrected chi connectivity index (χ1v) is 11.1. The van der Waals surface area contributed by atoms with Crippen molar-refractivity contribution in [1.29, 1.82) is 0 Å². The van der Waals surface area contributed by atoms with E-state index in [0.717, 1.165) is 21.2 Å². The number of halogens is 1. The molecule has 0 aromatic heterocycles. The number of carbonyl (C=O) groups excluding carboxylic acids is 1. The molecule has 1 aliphatic rings. The van der Waals surface area contributed by atoms with Gasteiger partial charge in [0.05, 0.1) is 20.3 Å². The van der Waals surface area contributed by atoms with Crippen molar-refractivity contribution in [1.82, 2.24) is 4.90 Å². The maximum Gasteiger partial charge on any atom is 0.289 e. The Bertz CT molecular complexity index is 1160. The number of nitrogens with zero attached hydrogens (tertiary/aromatic N) is 1. The van der Waals surface area contributed by atoms with Crippen LogP contribution in [0.1, 0.15) is 22.7 Å². The number of aliphatic hydroxyl groups is 1. The van der Waals surface area contributed by atoms with Gasteiger partial charge in [-0.05, 0) is 41.3 Å². The smallest absolute Gasteiger partial charge is 0.289 e. The van der Waals surface area contributed by atoms with Crippen molar-refractivity contribution in [3.8, 4) is 11.5 Å². The number of ether oxygens (including phenoxy) is 2. The Morgan fingerprint density at radius 3 is 2.31 bits per heavy atom. The van der Waals surface area contributed by atoms with E-state index in [0.29, 0.717) is 30.0 Å². The zero-order chi connectivity index (χ0) is 22.7. The monoisotopic (exact) mass is 493 g/mol. The Morgan fingerprint density at radius 2 is 1.62 bits per heavy atom. The van der Waals surface area contributed by atoms with Gasteiger partial charge in [-0.1, -0.05) is 70.5 Å². The second-order valence-electron chi connectivity index (χ2n) is 7.49. The van der Waals surface area contributed by atoms with E-state index in [-0.39, 0.29) is 11.7 Å². The van der Waals surface area contributed by atoms with E-state index in [1.165, 1.54) is 0 Å². The van der Waals surface area contributed by atoms with Gasteiger partial charge in [0.25, 0.3) is 5.91 Å². The van der Waals surface area contributed by atoms with Crippen molar-refractivity contribution in [2.24, 2.45) is 0 Å². The third-order valence-corrected chi connectivity index (χ3v) is 6.40. The molecule has 3 aromatic carbocycles. The van der Waals surface area contributed by atoms with Gasteiger partial charge in [-0.15, -0.1) is 0 Å². The maximum absolute atomic E-state index is 13.2. The van der Waals surface area contributed by atoms with E-state index in [9.17, 15) is 9.90 Å². The highest BCUT2D eigenvalue weighted by atomic mass is 79.9. The van der Waals surface area contributed by atoms with Crippen molar-refractivity contribution in [3.05, 3.63) is 99.7 Å². The summed E-state index contributed by atoms with van der Waals surface area (Å²) in [7, 11) is 3.20. The van der Waals surface area contributed by atoms with Crippen molar-refractivity contribution in [3.63, 3.8) is 0 Å². The molecule has 0 bridgehead atoms. The summed E-state index contributed by atoms with van der Waals surface area (Å²) < 4.78 is 11.6. The molecule has 0 fully saturated rings. The minimum atomic E-state index is -0.402. The number of hydrogen-bond acceptors (Lipinski definition) is 4. The van der Waals surface area contributed by atoms with E-state index in [4.69, 9.17) is 9.47 Å². The van der Waals surface area contributed by atoms with Crippen LogP contribution in [-0.4, -0.2) is 36.7 Å². The average Bonchev–Trinajstić information content (AvgIpc) is 3.08. The molecule has 6 heteroatoms. The molecular formula is C26H24BrNO4. The van der Waals surface area contributed by atoms with Crippen LogP contribution in [0.3, 0.4) is 0 Å². The zero-order valence-corrected chi connectivity index (χ0v) is 19.5. The highest BCUT2D eigenvalue weighted by Gasteiger charge is 2.41. The molecule has 0 radical (unpaired) electrons. The molecule has 5 nitrogen and oxygen atoms in total. The Hall–Kier alpha value is -3.25. The lowest BCUT2D eigenvalue weighted by Crippen LogP contribution is -2.32. The molecule has 3 aromatic rings. The molecule has 1 aliphatic heterocycles. The molecular weight excluding hydrogens is 470 g/mol. The fourth-order valence-corrected chi connectivity index (χ4v) is 4.60. The van der Waals surface area contributed by atoms with E-state index in [2.05, 4.69) is 15.9 Å². The van der Waals surface area contributed by atoms with Gasteiger partial charge >= 0.3 is 0 Å². The van der Waals surface area contributed by atoms with Gasteiger partial charge in [-0.2, -0.15) is 0 Å². The zero-order valence-electron chi connectivity index (χ0n) is 17.9. The maximum atomic E-state index is 13.2. The number of rotatable bonds is 7. The summed E-state index contributed by atoms with van der Waals surface area (Å²) in [6, 6.07) is 22.7. The van der Waals surface area contributed by atoms with Gasteiger partial charge in [-0.3, -0.25) is 4.79 Å². The summed E-state index contributed by atoms with van der Waals surface area (Å²) in [5.41, 5.74) is 3.38. The summed E-state index contributed by atoms with van der Waals surface area (Å²) in [5, 5.41) is 10.9. The topological polar surface area (TPSA) is 59.0 Å². The molecule has 1 unspecified atom stereocenters. The molecule has 0 aliphatic carbocycles. The van der Waals surface area contributed by atoms with Crippen LogP contribution < -0.4 is 9.47 Å². The van der Waals surface area contributed by atoms with Crippen molar-refractivity contribution >= 4 is 27.4 Å². The van der Waals surface area contributed by atoms with Crippen molar-refractivity contribution in [2.75, 3.05) is 20.8 Å². The van der Waals surface area contributed by atoms with Crippen LogP contribution in [0.15, 0.2) is 83.0 Å². The van der Waals surface area contributed by atoms with Gasteiger partial charge in [0, 0.05) is 16.6 Å². The number of benzene rings is 3. The minimum absolute atomic E-state index is 0.204.